The molecule has 1 nitrogen and oxygen atoms in total. The normalized spacial score (nSPS) is 8.82. The first-order valence-corrected chi connectivity index (χ1v) is 4.88. The van der Waals surface area contributed by atoms with Gasteiger partial charge in [-0.1, -0.05) is 35.5 Å². The maximum atomic E-state index is 5.42. The maximum Gasteiger partial charge on any atom is 0.0697 e. The van der Waals surface area contributed by atoms with Crippen molar-refractivity contribution in [3.63, 3.8) is 0 Å². The first-order valence-electron chi connectivity index (χ1n) is 3.17. The molecule has 0 fully saturated rings. The fourth-order valence-electron chi connectivity index (χ4n) is 0.811. The summed E-state index contributed by atoms with van der Waals surface area (Å²) in [6.07, 6.45) is 0.879. The van der Waals surface area contributed by atoms with Crippen LogP contribution in [0.3, 0.4) is 0 Å². The molecule has 0 amide bonds. The standard InChI is InChI=1S/C7H11NSi.2ClH/c8-6-9-7-4-2-1-3-5-7;;/h1-5H,6,8-9H2;2*1H. The van der Waals surface area contributed by atoms with Crippen molar-refractivity contribution in [2.45, 2.75) is 0 Å². The third-order valence-electron chi connectivity index (χ3n) is 1.28. The van der Waals surface area contributed by atoms with E-state index in [0.29, 0.717) is 0 Å². The van der Waals surface area contributed by atoms with E-state index in [1.807, 2.05) is 6.07 Å². The lowest BCUT2D eigenvalue weighted by Gasteiger charge is -1.93. The molecule has 64 valence electrons. The van der Waals surface area contributed by atoms with E-state index < -0.39 is 0 Å². The summed E-state index contributed by atoms with van der Waals surface area (Å²) < 4.78 is 0. The van der Waals surface area contributed by atoms with Gasteiger partial charge in [-0.05, 0) is 6.17 Å². The van der Waals surface area contributed by atoms with E-state index in [4.69, 9.17) is 5.73 Å². The Morgan fingerprint density at radius 3 is 2.09 bits per heavy atom. The van der Waals surface area contributed by atoms with Crippen LogP contribution in [-0.4, -0.2) is 15.7 Å². The molecule has 11 heavy (non-hydrogen) atoms. The van der Waals surface area contributed by atoms with Gasteiger partial charge in [0.1, 0.15) is 0 Å². The van der Waals surface area contributed by atoms with Gasteiger partial charge in [0.2, 0.25) is 0 Å². The third-order valence-corrected chi connectivity index (χ3v) is 2.61. The van der Waals surface area contributed by atoms with Gasteiger partial charge in [0.15, 0.2) is 0 Å². The number of benzene rings is 1. The highest BCUT2D eigenvalue weighted by atomic mass is 35.5. The first-order chi connectivity index (χ1) is 4.43. The van der Waals surface area contributed by atoms with Gasteiger partial charge in [-0.3, -0.25) is 0 Å². The van der Waals surface area contributed by atoms with Crippen molar-refractivity contribution in [1.82, 2.24) is 0 Å². The molecule has 0 heterocycles. The summed E-state index contributed by atoms with van der Waals surface area (Å²) in [6.45, 7) is 0. The Morgan fingerprint density at radius 1 is 1.09 bits per heavy atom. The lowest BCUT2D eigenvalue weighted by Crippen LogP contribution is -2.22. The molecule has 0 saturated carbocycles. The molecule has 0 spiro atoms. The zero-order valence-corrected chi connectivity index (χ0v) is 9.24. The summed E-state index contributed by atoms with van der Waals surface area (Å²) >= 11 is 0. The summed E-state index contributed by atoms with van der Waals surface area (Å²) in [6, 6.07) is 10.5. The van der Waals surface area contributed by atoms with Gasteiger partial charge in [0.05, 0.1) is 9.52 Å². The number of hydrogen-bond donors (Lipinski definition) is 1. The van der Waals surface area contributed by atoms with E-state index in [-0.39, 0.29) is 34.3 Å². The molecule has 0 aliphatic carbocycles. The molecular formula is C7H13Cl2NSi. The molecule has 4 heteroatoms. The second kappa shape index (κ2) is 8.08. The number of rotatable bonds is 2. The molecule has 0 saturated heterocycles. The Bertz CT molecular complexity index is 169. The van der Waals surface area contributed by atoms with Crippen LogP contribution in [0.25, 0.3) is 0 Å². The Balaban J connectivity index is 0. The van der Waals surface area contributed by atoms with Gasteiger partial charge in [-0.25, -0.2) is 0 Å². The van der Waals surface area contributed by atoms with E-state index in [0.717, 1.165) is 6.17 Å². The quantitative estimate of drug-likeness (QED) is 0.695. The minimum atomic E-state index is -0.123. The van der Waals surface area contributed by atoms with Crippen LogP contribution in [0.2, 0.25) is 0 Å². The van der Waals surface area contributed by atoms with Crippen LogP contribution in [0, 0.1) is 0 Å². The van der Waals surface area contributed by atoms with E-state index in [1.54, 1.807) is 0 Å². The average molecular weight is 210 g/mol. The largest absolute Gasteiger partial charge is 0.333 e. The molecule has 0 bridgehead atoms. The highest BCUT2D eigenvalue weighted by Gasteiger charge is 1.85. The Labute approximate surface area is 82.0 Å². The fourth-order valence-corrected chi connectivity index (χ4v) is 1.75. The molecule has 0 atom stereocenters. The van der Waals surface area contributed by atoms with Gasteiger partial charge in [-0.2, -0.15) is 0 Å². The third kappa shape index (κ3) is 5.27. The van der Waals surface area contributed by atoms with E-state index in [9.17, 15) is 0 Å². The lowest BCUT2D eigenvalue weighted by molar-refractivity contribution is 1.37. The van der Waals surface area contributed by atoms with Crippen LogP contribution in [0.4, 0.5) is 0 Å². The molecule has 1 aromatic carbocycles. The summed E-state index contributed by atoms with van der Waals surface area (Å²) in [4.78, 5) is 0. The highest BCUT2D eigenvalue weighted by Crippen LogP contribution is 1.79. The van der Waals surface area contributed by atoms with E-state index in [2.05, 4.69) is 24.3 Å². The molecular weight excluding hydrogens is 197 g/mol. The molecule has 0 radical (unpaired) electrons. The van der Waals surface area contributed by atoms with Gasteiger partial charge in [-0.15, -0.1) is 24.8 Å². The minimum Gasteiger partial charge on any atom is -0.333 e. The zero-order chi connectivity index (χ0) is 6.53. The van der Waals surface area contributed by atoms with Crippen LogP contribution < -0.4 is 10.9 Å². The summed E-state index contributed by atoms with van der Waals surface area (Å²) in [5.41, 5.74) is 5.42. The summed E-state index contributed by atoms with van der Waals surface area (Å²) in [5, 5.41) is 1.46. The summed E-state index contributed by atoms with van der Waals surface area (Å²) in [5.74, 6) is 0. The van der Waals surface area contributed by atoms with Crippen LogP contribution >= 0.6 is 24.8 Å². The molecule has 0 unspecified atom stereocenters. The summed E-state index contributed by atoms with van der Waals surface area (Å²) in [7, 11) is -0.123. The van der Waals surface area contributed by atoms with Crippen LogP contribution in [0.1, 0.15) is 0 Å². The van der Waals surface area contributed by atoms with Crippen molar-refractivity contribution in [3.8, 4) is 0 Å². The molecule has 2 N–H and O–H groups in total. The number of halogens is 2. The van der Waals surface area contributed by atoms with Crippen molar-refractivity contribution < 1.29 is 0 Å². The van der Waals surface area contributed by atoms with Gasteiger partial charge < -0.3 is 5.73 Å². The smallest absolute Gasteiger partial charge is 0.0697 e. The maximum absolute atomic E-state index is 5.42. The number of nitrogens with two attached hydrogens (primary N) is 1. The number of hydrogen-bond acceptors (Lipinski definition) is 1. The van der Waals surface area contributed by atoms with Crippen molar-refractivity contribution in [3.05, 3.63) is 30.3 Å². The lowest BCUT2D eigenvalue weighted by atomic mass is 10.4. The first kappa shape index (κ1) is 13.6. The topological polar surface area (TPSA) is 26.0 Å². The molecule has 1 aromatic rings. The monoisotopic (exact) mass is 209 g/mol. The van der Waals surface area contributed by atoms with Crippen molar-refractivity contribution in [2.75, 3.05) is 6.17 Å². The van der Waals surface area contributed by atoms with Crippen LogP contribution in [-0.2, 0) is 0 Å². The molecule has 0 aliphatic heterocycles. The van der Waals surface area contributed by atoms with Gasteiger partial charge in [0, 0.05) is 0 Å². The van der Waals surface area contributed by atoms with Gasteiger partial charge >= 0.3 is 0 Å². The Kier molecular flexibility index (Phi) is 9.96. The minimum absolute atomic E-state index is 0. The SMILES string of the molecule is Cl.Cl.NC[SiH2]c1ccccc1. The van der Waals surface area contributed by atoms with Crippen molar-refractivity contribution >= 4 is 39.5 Å². The second-order valence-electron chi connectivity index (χ2n) is 2.02. The zero-order valence-electron chi connectivity index (χ0n) is 6.19. The molecule has 1 rings (SSSR count). The van der Waals surface area contributed by atoms with Crippen LogP contribution in [0.15, 0.2) is 30.3 Å². The van der Waals surface area contributed by atoms with Crippen molar-refractivity contribution in [2.24, 2.45) is 5.73 Å². The van der Waals surface area contributed by atoms with Crippen molar-refractivity contribution in [1.29, 1.82) is 0 Å². The predicted molar refractivity (Wildman–Crippen MR) is 58.2 cm³/mol. The average Bonchev–Trinajstić information content (AvgIpc) is 1.91. The molecule has 0 aliphatic rings. The highest BCUT2D eigenvalue weighted by molar-refractivity contribution is 6.53. The Morgan fingerprint density at radius 2 is 1.64 bits per heavy atom. The van der Waals surface area contributed by atoms with E-state index in [1.165, 1.54) is 5.19 Å². The Hall–Kier alpha value is -0.0231. The van der Waals surface area contributed by atoms with Crippen LogP contribution in [0.5, 0.6) is 0 Å². The fraction of sp³-hybridized carbons (Fsp3) is 0.143. The van der Waals surface area contributed by atoms with E-state index >= 15 is 0 Å². The van der Waals surface area contributed by atoms with Gasteiger partial charge in [0.25, 0.3) is 0 Å². The second-order valence-corrected chi connectivity index (χ2v) is 3.92. The predicted octanol–water partition coefficient (Wildman–Crippen LogP) is 0.241. The molecule has 0 aromatic heterocycles.